The molecule has 120 valence electrons. The number of hydrogen-bond acceptors (Lipinski definition) is 6. The lowest BCUT2D eigenvalue weighted by atomic mass is 10.1. The number of anilines is 1. The van der Waals surface area contributed by atoms with Crippen molar-refractivity contribution in [2.24, 2.45) is 5.92 Å². The van der Waals surface area contributed by atoms with Crippen LogP contribution in [-0.4, -0.2) is 39.1 Å². The fraction of sp³-hybridized carbons (Fsp3) is 0.250. The van der Waals surface area contributed by atoms with Crippen LogP contribution in [0.1, 0.15) is 6.42 Å². The summed E-state index contributed by atoms with van der Waals surface area (Å²) in [4.78, 5) is 19.2. The van der Waals surface area contributed by atoms with Gasteiger partial charge in [-0.05, 0) is 24.1 Å². The summed E-state index contributed by atoms with van der Waals surface area (Å²) in [6, 6.07) is 6.02. The molecule has 3 heterocycles. The first-order chi connectivity index (χ1) is 11.7. The molecule has 8 heteroatoms. The Hall–Kier alpha value is -2.92. The number of nitrogens with zero attached hydrogens (tertiary/aromatic N) is 4. The number of H-pyrrole nitrogens is 1. The highest BCUT2D eigenvalue weighted by atomic mass is 32.1. The molecule has 1 atom stereocenters. The molecular weight excluding hydrogens is 324 g/mol. The zero-order valence-corrected chi connectivity index (χ0v) is 13.5. The molecule has 3 aromatic rings. The minimum absolute atomic E-state index is 0.0704. The second kappa shape index (κ2) is 5.94. The average molecular weight is 338 g/mol. The minimum Gasteiger partial charge on any atom is -0.310 e. The van der Waals surface area contributed by atoms with Crippen molar-refractivity contribution in [1.29, 1.82) is 5.26 Å². The van der Waals surface area contributed by atoms with Crippen molar-refractivity contribution in [3.8, 4) is 16.6 Å². The molecule has 0 radical (unpaired) electrons. The summed E-state index contributed by atoms with van der Waals surface area (Å²) in [6.45, 7) is 1.13. The molecule has 1 aromatic carbocycles. The smallest absolute Gasteiger partial charge is 0.231 e. The summed E-state index contributed by atoms with van der Waals surface area (Å²) in [5.41, 5.74) is 2.03. The van der Waals surface area contributed by atoms with Gasteiger partial charge in [-0.3, -0.25) is 9.89 Å². The number of nitrogens with one attached hydrogen (secondary N) is 2. The Bertz CT molecular complexity index is 939. The van der Waals surface area contributed by atoms with E-state index in [1.807, 2.05) is 18.2 Å². The van der Waals surface area contributed by atoms with Crippen LogP contribution in [0.25, 0.3) is 21.3 Å². The van der Waals surface area contributed by atoms with Crippen LogP contribution in [0.4, 0.5) is 5.13 Å². The topological polar surface area (TPSA) is 97.7 Å². The molecule has 4 rings (SSSR count). The van der Waals surface area contributed by atoms with Crippen molar-refractivity contribution in [3.63, 3.8) is 0 Å². The number of thiazole rings is 1. The summed E-state index contributed by atoms with van der Waals surface area (Å²) in [6.07, 6.45) is 6.33. The van der Waals surface area contributed by atoms with Gasteiger partial charge in [-0.1, -0.05) is 17.4 Å². The summed E-state index contributed by atoms with van der Waals surface area (Å²) in [5.74, 6) is -0.224. The van der Waals surface area contributed by atoms with E-state index in [1.54, 1.807) is 17.3 Å². The molecule has 1 aliphatic heterocycles. The minimum atomic E-state index is -0.153. The molecule has 0 aliphatic carbocycles. The van der Waals surface area contributed by atoms with Crippen LogP contribution < -0.4 is 5.32 Å². The molecule has 1 unspecified atom stereocenters. The third kappa shape index (κ3) is 2.70. The molecule has 1 fully saturated rings. The van der Waals surface area contributed by atoms with Crippen molar-refractivity contribution in [2.45, 2.75) is 6.42 Å². The summed E-state index contributed by atoms with van der Waals surface area (Å²) in [5, 5.41) is 20.3. The zero-order chi connectivity index (χ0) is 16.5. The first-order valence-electron chi connectivity index (χ1n) is 7.58. The molecule has 2 N–H and O–H groups in total. The highest BCUT2D eigenvalue weighted by Crippen LogP contribution is 2.31. The Morgan fingerprint density at radius 2 is 2.38 bits per heavy atom. The Morgan fingerprint density at radius 3 is 3.21 bits per heavy atom. The van der Waals surface area contributed by atoms with Gasteiger partial charge >= 0.3 is 0 Å². The maximum absolute atomic E-state index is 12.3. The Balaban J connectivity index is 1.48. The first-order valence-corrected chi connectivity index (χ1v) is 8.39. The number of hydrogen-bond donors (Lipinski definition) is 2. The third-order valence-corrected chi connectivity index (χ3v) is 5.12. The van der Waals surface area contributed by atoms with Gasteiger partial charge in [0, 0.05) is 24.7 Å². The largest absolute Gasteiger partial charge is 0.310 e. The fourth-order valence-corrected chi connectivity index (χ4v) is 3.65. The highest BCUT2D eigenvalue weighted by molar-refractivity contribution is 7.19. The van der Waals surface area contributed by atoms with E-state index in [9.17, 15) is 4.79 Å². The van der Waals surface area contributed by atoms with Gasteiger partial charge in [0.05, 0.1) is 22.5 Å². The van der Waals surface area contributed by atoms with Crippen LogP contribution in [0, 0.1) is 17.4 Å². The van der Waals surface area contributed by atoms with Gasteiger partial charge in [-0.15, -0.1) is 0 Å². The summed E-state index contributed by atoms with van der Waals surface area (Å²) in [7, 11) is 0. The molecule has 1 aliphatic rings. The average Bonchev–Trinajstić information content (AvgIpc) is 3.33. The van der Waals surface area contributed by atoms with Crippen LogP contribution in [0.5, 0.6) is 0 Å². The van der Waals surface area contributed by atoms with E-state index in [2.05, 4.69) is 26.7 Å². The maximum Gasteiger partial charge on any atom is 0.231 e. The molecule has 7 nitrogen and oxygen atoms in total. The lowest BCUT2D eigenvalue weighted by molar-refractivity contribution is -0.119. The van der Waals surface area contributed by atoms with Gasteiger partial charge in [0.2, 0.25) is 5.91 Å². The predicted octanol–water partition coefficient (Wildman–Crippen LogP) is 2.43. The van der Waals surface area contributed by atoms with Gasteiger partial charge < -0.3 is 10.2 Å². The molecule has 1 amide bonds. The van der Waals surface area contributed by atoms with E-state index < -0.39 is 0 Å². The van der Waals surface area contributed by atoms with E-state index in [0.717, 1.165) is 21.3 Å². The van der Waals surface area contributed by atoms with Gasteiger partial charge in [-0.2, -0.15) is 10.4 Å². The molecule has 2 aromatic heterocycles. The van der Waals surface area contributed by atoms with E-state index in [1.165, 1.54) is 11.3 Å². The van der Waals surface area contributed by atoms with Crippen molar-refractivity contribution >= 4 is 33.3 Å². The van der Waals surface area contributed by atoms with Crippen LogP contribution in [0.3, 0.4) is 0 Å². The summed E-state index contributed by atoms with van der Waals surface area (Å²) >= 11 is 1.44. The number of benzene rings is 1. The number of carbonyl (C=O) groups is 1. The van der Waals surface area contributed by atoms with Crippen molar-refractivity contribution in [1.82, 2.24) is 20.1 Å². The van der Waals surface area contributed by atoms with Crippen molar-refractivity contribution < 1.29 is 4.79 Å². The number of fused-ring (bicyclic) bond motifs is 1. The molecule has 0 spiro atoms. The molecule has 0 bridgehead atoms. The fourth-order valence-electron chi connectivity index (χ4n) is 2.83. The van der Waals surface area contributed by atoms with Crippen LogP contribution in [0.15, 0.2) is 30.6 Å². The third-order valence-electron chi connectivity index (χ3n) is 4.16. The van der Waals surface area contributed by atoms with Gasteiger partial charge in [0.1, 0.15) is 0 Å². The molecule has 0 saturated carbocycles. The first kappa shape index (κ1) is 14.7. The highest BCUT2D eigenvalue weighted by Gasteiger charge is 2.28. The number of aromatic amines is 1. The zero-order valence-electron chi connectivity index (χ0n) is 12.7. The number of rotatable bonds is 3. The number of likely N-dealkylation sites (tertiary alicyclic amines) is 1. The molecule has 1 saturated heterocycles. The monoisotopic (exact) mass is 338 g/mol. The quantitative estimate of drug-likeness (QED) is 0.715. The second-order valence-corrected chi connectivity index (χ2v) is 6.75. The molecule has 24 heavy (non-hydrogen) atoms. The normalized spacial score (nSPS) is 17.1. The van der Waals surface area contributed by atoms with E-state index in [0.29, 0.717) is 24.6 Å². The Morgan fingerprint density at radius 1 is 1.46 bits per heavy atom. The van der Waals surface area contributed by atoms with Gasteiger partial charge in [-0.25, -0.2) is 4.98 Å². The lowest BCUT2D eigenvalue weighted by Crippen LogP contribution is -2.25. The number of carbonyl (C=O) groups excluding carboxylic acids is 1. The standard InChI is InChI=1S/C16H14N6OS/c17-9-22-4-3-11(8-22)15(23)20-16-18-7-14(24-16)10-1-2-13-12(5-10)6-19-21-13/h1-2,5-7,11H,3-4,8H2,(H,19,21)(H,18,20,23). The van der Waals surface area contributed by atoms with E-state index >= 15 is 0 Å². The predicted molar refractivity (Wildman–Crippen MR) is 91.1 cm³/mol. The Labute approximate surface area is 141 Å². The van der Waals surface area contributed by atoms with Crippen molar-refractivity contribution in [3.05, 3.63) is 30.6 Å². The van der Waals surface area contributed by atoms with Crippen LogP contribution >= 0.6 is 11.3 Å². The van der Waals surface area contributed by atoms with E-state index in [4.69, 9.17) is 5.26 Å². The maximum atomic E-state index is 12.3. The van der Waals surface area contributed by atoms with Gasteiger partial charge in [0.25, 0.3) is 0 Å². The second-order valence-electron chi connectivity index (χ2n) is 5.72. The summed E-state index contributed by atoms with van der Waals surface area (Å²) < 4.78 is 0. The number of amides is 1. The van der Waals surface area contributed by atoms with Crippen molar-refractivity contribution in [2.75, 3.05) is 18.4 Å². The SMILES string of the molecule is N#CN1CCC(C(=O)Nc2ncc(-c3ccc4[nH]ncc4c3)s2)C1. The lowest BCUT2D eigenvalue weighted by Gasteiger charge is -2.08. The molecular formula is C16H14N6OS. The van der Waals surface area contributed by atoms with Gasteiger partial charge in [0.15, 0.2) is 11.3 Å². The number of aromatic nitrogens is 3. The number of nitriles is 1. The van der Waals surface area contributed by atoms with E-state index in [-0.39, 0.29) is 11.8 Å². The van der Waals surface area contributed by atoms with Crippen LogP contribution in [0.2, 0.25) is 0 Å². The Kier molecular flexibility index (Phi) is 3.63. The van der Waals surface area contributed by atoms with Crippen LogP contribution in [-0.2, 0) is 4.79 Å².